The van der Waals surface area contributed by atoms with Crippen molar-refractivity contribution in [2.24, 2.45) is 0 Å². The molecule has 0 aliphatic rings. The molecule has 6 heteroatoms. The second-order valence-corrected chi connectivity index (χ2v) is 5.78. The van der Waals surface area contributed by atoms with Gasteiger partial charge in [-0.1, -0.05) is 18.2 Å². The minimum Gasteiger partial charge on any atom is -0.459 e. The highest BCUT2D eigenvalue weighted by atomic mass is 19.1. The van der Waals surface area contributed by atoms with Crippen molar-refractivity contribution in [3.8, 4) is 0 Å². The highest BCUT2D eigenvalue weighted by molar-refractivity contribution is 6.03. The summed E-state index contributed by atoms with van der Waals surface area (Å²) in [7, 11) is 0. The average molecular weight is 352 g/mol. The molecule has 0 aliphatic heterocycles. The Bertz CT molecular complexity index is 936. The molecule has 5 nitrogen and oxygen atoms in total. The summed E-state index contributed by atoms with van der Waals surface area (Å²) in [5, 5.41) is 5.45. The number of aryl methyl sites for hydroxylation is 1. The Labute approximate surface area is 149 Å². The molecule has 3 rings (SSSR count). The standard InChI is InChI=1S/C20H17FN2O3/c1-13-10-14(7-8-17(13)21)12-22-19(24)15-4-2-5-16(11-15)23-20(25)18-6-3-9-26-18/h2-11H,12H2,1H3,(H,22,24)(H,23,25). The maximum Gasteiger partial charge on any atom is 0.291 e. The van der Waals surface area contributed by atoms with Crippen LogP contribution < -0.4 is 10.6 Å². The van der Waals surface area contributed by atoms with Crippen molar-refractivity contribution < 1.29 is 18.4 Å². The van der Waals surface area contributed by atoms with Gasteiger partial charge in [0.25, 0.3) is 11.8 Å². The van der Waals surface area contributed by atoms with E-state index in [0.717, 1.165) is 5.56 Å². The fourth-order valence-corrected chi connectivity index (χ4v) is 2.44. The van der Waals surface area contributed by atoms with Gasteiger partial charge in [-0.25, -0.2) is 4.39 Å². The normalized spacial score (nSPS) is 10.4. The number of benzene rings is 2. The van der Waals surface area contributed by atoms with Crippen LogP contribution in [0.2, 0.25) is 0 Å². The van der Waals surface area contributed by atoms with Gasteiger partial charge in [-0.2, -0.15) is 0 Å². The second kappa shape index (κ2) is 7.65. The topological polar surface area (TPSA) is 71.3 Å². The summed E-state index contributed by atoms with van der Waals surface area (Å²) in [6.45, 7) is 1.95. The van der Waals surface area contributed by atoms with E-state index in [-0.39, 0.29) is 24.0 Å². The number of carbonyl (C=O) groups excluding carboxylic acids is 2. The molecule has 0 spiro atoms. The quantitative estimate of drug-likeness (QED) is 0.731. The molecule has 0 saturated heterocycles. The number of amides is 2. The van der Waals surface area contributed by atoms with Crippen LogP contribution in [0, 0.1) is 12.7 Å². The summed E-state index contributed by atoms with van der Waals surface area (Å²) in [6, 6.07) is 14.4. The van der Waals surface area contributed by atoms with Gasteiger partial charge in [0.15, 0.2) is 5.76 Å². The zero-order valence-electron chi connectivity index (χ0n) is 14.1. The highest BCUT2D eigenvalue weighted by Crippen LogP contribution is 2.14. The molecular formula is C20H17FN2O3. The number of halogens is 1. The van der Waals surface area contributed by atoms with Crippen LogP contribution in [-0.4, -0.2) is 11.8 Å². The fourth-order valence-electron chi connectivity index (χ4n) is 2.44. The van der Waals surface area contributed by atoms with Gasteiger partial charge in [-0.3, -0.25) is 9.59 Å². The van der Waals surface area contributed by atoms with Gasteiger partial charge in [-0.15, -0.1) is 0 Å². The van der Waals surface area contributed by atoms with Crippen LogP contribution in [0.1, 0.15) is 32.0 Å². The van der Waals surface area contributed by atoms with Gasteiger partial charge in [0.05, 0.1) is 6.26 Å². The second-order valence-electron chi connectivity index (χ2n) is 5.78. The van der Waals surface area contributed by atoms with Crippen LogP contribution in [0.5, 0.6) is 0 Å². The molecule has 2 aromatic carbocycles. The maximum atomic E-state index is 13.3. The molecule has 1 heterocycles. The summed E-state index contributed by atoms with van der Waals surface area (Å²) in [4.78, 5) is 24.3. The van der Waals surface area contributed by atoms with Gasteiger partial charge in [-0.05, 0) is 54.4 Å². The first kappa shape index (κ1) is 17.4. The van der Waals surface area contributed by atoms with Gasteiger partial charge < -0.3 is 15.1 Å². The predicted molar refractivity (Wildman–Crippen MR) is 95.4 cm³/mol. The molecule has 3 aromatic rings. The van der Waals surface area contributed by atoms with E-state index in [1.165, 1.54) is 12.3 Å². The fraction of sp³-hybridized carbons (Fsp3) is 0.100. The van der Waals surface area contributed by atoms with E-state index < -0.39 is 5.91 Å². The molecular weight excluding hydrogens is 335 g/mol. The first-order chi connectivity index (χ1) is 12.5. The van der Waals surface area contributed by atoms with Crippen LogP contribution in [0.4, 0.5) is 10.1 Å². The summed E-state index contributed by atoms with van der Waals surface area (Å²) < 4.78 is 18.3. The van der Waals surface area contributed by atoms with Crippen molar-refractivity contribution in [2.75, 3.05) is 5.32 Å². The third kappa shape index (κ3) is 4.16. The summed E-state index contributed by atoms with van der Waals surface area (Å²) >= 11 is 0. The van der Waals surface area contributed by atoms with Crippen molar-refractivity contribution in [1.82, 2.24) is 5.32 Å². The smallest absolute Gasteiger partial charge is 0.291 e. The Balaban J connectivity index is 1.64. The van der Waals surface area contributed by atoms with E-state index in [9.17, 15) is 14.0 Å². The predicted octanol–water partition coefficient (Wildman–Crippen LogP) is 3.91. The first-order valence-electron chi connectivity index (χ1n) is 8.01. The largest absolute Gasteiger partial charge is 0.459 e. The molecule has 0 aliphatic carbocycles. The molecule has 1 aromatic heterocycles. The summed E-state index contributed by atoms with van der Waals surface area (Å²) in [5.74, 6) is -0.776. The number of hydrogen-bond acceptors (Lipinski definition) is 3. The number of rotatable bonds is 5. The number of hydrogen-bond donors (Lipinski definition) is 2. The lowest BCUT2D eigenvalue weighted by atomic mass is 10.1. The first-order valence-corrected chi connectivity index (χ1v) is 8.01. The van der Waals surface area contributed by atoms with Crippen LogP contribution in [0.15, 0.2) is 65.3 Å². The summed E-state index contributed by atoms with van der Waals surface area (Å²) in [5.41, 5.74) is 2.22. The average Bonchev–Trinajstić information content (AvgIpc) is 3.17. The van der Waals surface area contributed by atoms with Crippen LogP contribution >= 0.6 is 0 Å². The number of furan rings is 1. The van der Waals surface area contributed by atoms with Gasteiger partial charge >= 0.3 is 0 Å². The van der Waals surface area contributed by atoms with Gasteiger partial charge in [0.2, 0.25) is 0 Å². The minimum absolute atomic E-state index is 0.187. The van der Waals surface area contributed by atoms with Gasteiger partial charge in [0.1, 0.15) is 5.82 Å². The molecule has 0 unspecified atom stereocenters. The zero-order valence-corrected chi connectivity index (χ0v) is 14.1. The van der Waals surface area contributed by atoms with E-state index in [1.54, 1.807) is 55.5 Å². The third-order valence-corrected chi connectivity index (χ3v) is 3.80. The SMILES string of the molecule is Cc1cc(CNC(=O)c2cccc(NC(=O)c3ccco3)c2)ccc1F. The Morgan fingerprint density at radius 3 is 2.62 bits per heavy atom. The van der Waals surface area contributed by atoms with E-state index in [2.05, 4.69) is 10.6 Å². The van der Waals surface area contributed by atoms with E-state index >= 15 is 0 Å². The lowest BCUT2D eigenvalue weighted by Gasteiger charge is -2.08. The number of anilines is 1. The zero-order chi connectivity index (χ0) is 18.5. The molecule has 0 radical (unpaired) electrons. The number of carbonyl (C=O) groups is 2. The van der Waals surface area contributed by atoms with E-state index in [0.29, 0.717) is 16.8 Å². The van der Waals surface area contributed by atoms with Crippen molar-refractivity contribution in [2.45, 2.75) is 13.5 Å². The third-order valence-electron chi connectivity index (χ3n) is 3.80. The Morgan fingerprint density at radius 2 is 1.88 bits per heavy atom. The van der Waals surface area contributed by atoms with Crippen molar-refractivity contribution in [3.05, 3.63) is 89.1 Å². The lowest BCUT2D eigenvalue weighted by Crippen LogP contribution is -2.23. The van der Waals surface area contributed by atoms with Crippen LogP contribution in [-0.2, 0) is 6.54 Å². The monoisotopic (exact) mass is 352 g/mol. The highest BCUT2D eigenvalue weighted by Gasteiger charge is 2.11. The number of nitrogens with one attached hydrogen (secondary N) is 2. The van der Waals surface area contributed by atoms with Crippen molar-refractivity contribution in [3.63, 3.8) is 0 Å². The van der Waals surface area contributed by atoms with Crippen LogP contribution in [0.25, 0.3) is 0 Å². The van der Waals surface area contributed by atoms with Crippen LogP contribution in [0.3, 0.4) is 0 Å². The Kier molecular flexibility index (Phi) is 5.12. The van der Waals surface area contributed by atoms with Gasteiger partial charge in [0, 0.05) is 17.8 Å². The van der Waals surface area contributed by atoms with Crippen molar-refractivity contribution >= 4 is 17.5 Å². The minimum atomic E-state index is -0.394. The summed E-state index contributed by atoms with van der Waals surface area (Å²) in [6.07, 6.45) is 1.41. The molecule has 2 N–H and O–H groups in total. The molecule has 26 heavy (non-hydrogen) atoms. The molecule has 0 fully saturated rings. The molecule has 132 valence electrons. The molecule has 2 amide bonds. The Morgan fingerprint density at radius 1 is 1.04 bits per heavy atom. The molecule has 0 saturated carbocycles. The van der Waals surface area contributed by atoms with E-state index in [1.807, 2.05) is 0 Å². The maximum absolute atomic E-state index is 13.3. The lowest BCUT2D eigenvalue weighted by molar-refractivity contribution is 0.0949. The molecule has 0 atom stereocenters. The molecule has 0 bridgehead atoms. The Hall–Kier alpha value is -3.41. The van der Waals surface area contributed by atoms with Crippen molar-refractivity contribution in [1.29, 1.82) is 0 Å². The van der Waals surface area contributed by atoms with E-state index in [4.69, 9.17) is 4.42 Å².